The SMILES string of the molecule is NC(=S)c1ccc(Br)cc1Nc1ccc(I)cc1Cl. The molecule has 3 N–H and O–H groups in total. The lowest BCUT2D eigenvalue weighted by Gasteiger charge is -2.13. The van der Waals surface area contributed by atoms with E-state index in [-0.39, 0.29) is 0 Å². The lowest BCUT2D eigenvalue weighted by Crippen LogP contribution is -2.12. The molecule has 0 aliphatic heterocycles. The molecule has 98 valence electrons. The second kappa shape index (κ2) is 6.39. The quantitative estimate of drug-likeness (QED) is 0.488. The molecule has 0 fully saturated rings. The second-order valence-electron chi connectivity index (χ2n) is 3.80. The van der Waals surface area contributed by atoms with Crippen LogP contribution in [0.3, 0.4) is 0 Å². The summed E-state index contributed by atoms with van der Waals surface area (Å²) in [6.45, 7) is 0. The van der Waals surface area contributed by atoms with Crippen molar-refractivity contribution in [3.8, 4) is 0 Å². The molecular formula is C13H9BrClIN2S. The van der Waals surface area contributed by atoms with E-state index in [1.807, 2.05) is 36.4 Å². The largest absolute Gasteiger partial charge is 0.389 e. The maximum absolute atomic E-state index is 6.21. The second-order valence-corrected chi connectivity index (χ2v) is 6.81. The van der Waals surface area contributed by atoms with Crippen LogP contribution in [-0.2, 0) is 0 Å². The van der Waals surface area contributed by atoms with Crippen LogP contribution in [0.2, 0.25) is 5.02 Å². The van der Waals surface area contributed by atoms with Gasteiger partial charge in [0.1, 0.15) is 4.99 Å². The maximum Gasteiger partial charge on any atom is 0.106 e. The minimum absolute atomic E-state index is 0.344. The fourth-order valence-electron chi connectivity index (χ4n) is 1.57. The number of nitrogens with one attached hydrogen (secondary N) is 1. The van der Waals surface area contributed by atoms with E-state index in [0.717, 1.165) is 25.0 Å². The molecule has 0 aliphatic carbocycles. The van der Waals surface area contributed by atoms with Crippen molar-refractivity contribution in [1.82, 2.24) is 0 Å². The highest BCUT2D eigenvalue weighted by molar-refractivity contribution is 14.1. The van der Waals surface area contributed by atoms with Crippen molar-refractivity contribution >= 4 is 78.7 Å². The third kappa shape index (κ3) is 3.81. The normalized spacial score (nSPS) is 10.3. The Morgan fingerprint density at radius 1 is 1.21 bits per heavy atom. The van der Waals surface area contributed by atoms with Gasteiger partial charge in [-0.1, -0.05) is 39.7 Å². The molecule has 2 aromatic rings. The summed E-state index contributed by atoms with van der Waals surface area (Å²) < 4.78 is 2.02. The number of nitrogens with two attached hydrogens (primary N) is 1. The minimum Gasteiger partial charge on any atom is -0.389 e. The first-order valence-corrected chi connectivity index (χ1v) is 7.94. The zero-order chi connectivity index (χ0) is 14.0. The van der Waals surface area contributed by atoms with E-state index in [2.05, 4.69) is 43.8 Å². The van der Waals surface area contributed by atoms with E-state index >= 15 is 0 Å². The van der Waals surface area contributed by atoms with Gasteiger partial charge in [-0.15, -0.1) is 0 Å². The predicted octanol–water partition coefficient (Wildman–Crippen LogP) is 5.08. The summed E-state index contributed by atoms with van der Waals surface area (Å²) in [5, 5.41) is 3.91. The van der Waals surface area contributed by atoms with E-state index in [4.69, 9.17) is 29.6 Å². The third-order valence-electron chi connectivity index (χ3n) is 2.45. The molecule has 0 bridgehead atoms. The summed E-state index contributed by atoms with van der Waals surface area (Å²) in [5.74, 6) is 0. The van der Waals surface area contributed by atoms with Crippen molar-refractivity contribution in [1.29, 1.82) is 0 Å². The molecule has 0 aromatic heterocycles. The highest BCUT2D eigenvalue weighted by atomic mass is 127. The summed E-state index contributed by atoms with van der Waals surface area (Å²) in [5.41, 5.74) is 8.15. The molecule has 0 spiro atoms. The van der Waals surface area contributed by atoms with Crippen LogP contribution in [0, 0.1) is 3.57 Å². The Morgan fingerprint density at radius 3 is 2.58 bits per heavy atom. The molecule has 2 aromatic carbocycles. The van der Waals surface area contributed by atoms with Gasteiger partial charge in [0.2, 0.25) is 0 Å². The molecule has 0 aliphatic rings. The smallest absolute Gasteiger partial charge is 0.106 e. The van der Waals surface area contributed by atoms with Gasteiger partial charge in [-0.3, -0.25) is 0 Å². The zero-order valence-electron chi connectivity index (χ0n) is 9.58. The maximum atomic E-state index is 6.21. The van der Waals surface area contributed by atoms with E-state index in [1.165, 1.54) is 0 Å². The number of hydrogen-bond donors (Lipinski definition) is 2. The van der Waals surface area contributed by atoms with Gasteiger partial charge in [0.15, 0.2) is 0 Å². The summed E-state index contributed by atoms with van der Waals surface area (Å²) in [4.78, 5) is 0.344. The Balaban J connectivity index is 2.42. The van der Waals surface area contributed by atoms with Crippen LogP contribution in [-0.4, -0.2) is 4.99 Å². The number of anilines is 2. The highest BCUT2D eigenvalue weighted by Gasteiger charge is 2.08. The first-order valence-electron chi connectivity index (χ1n) is 5.29. The van der Waals surface area contributed by atoms with Crippen LogP contribution in [0.1, 0.15) is 5.56 Å². The Labute approximate surface area is 144 Å². The summed E-state index contributed by atoms with van der Waals surface area (Å²) in [7, 11) is 0. The lowest BCUT2D eigenvalue weighted by atomic mass is 10.1. The first-order chi connectivity index (χ1) is 8.97. The Bertz CT molecular complexity index is 649. The summed E-state index contributed by atoms with van der Waals surface area (Å²) in [6, 6.07) is 11.5. The average Bonchev–Trinajstić information content (AvgIpc) is 2.32. The van der Waals surface area contributed by atoms with E-state index in [0.29, 0.717) is 10.0 Å². The van der Waals surface area contributed by atoms with E-state index in [9.17, 15) is 0 Å². The molecule has 0 radical (unpaired) electrons. The molecule has 0 heterocycles. The average molecular weight is 468 g/mol. The molecule has 6 heteroatoms. The van der Waals surface area contributed by atoms with E-state index in [1.54, 1.807) is 0 Å². The molecule has 0 saturated carbocycles. The third-order valence-corrected chi connectivity index (χ3v) is 4.14. The Hall–Kier alpha value is -0.370. The van der Waals surface area contributed by atoms with Crippen molar-refractivity contribution < 1.29 is 0 Å². The fraction of sp³-hybridized carbons (Fsp3) is 0. The topological polar surface area (TPSA) is 38.0 Å². The highest BCUT2D eigenvalue weighted by Crippen LogP contribution is 2.30. The molecule has 0 atom stereocenters. The summed E-state index contributed by atoms with van der Waals surface area (Å²) >= 11 is 16.9. The van der Waals surface area contributed by atoms with Crippen LogP contribution in [0.5, 0.6) is 0 Å². The molecule has 2 rings (SSSR count). The standard InChI is InChI=1S/C13H9BrClIN2S/c14-7-1-3-9(13(17)19)12(5-7)18-11-4-2-8(16)6-10(11)15/h1-6,18H,(H2,17,19). The zero-order valence-corrected chi connectivity index (χ0v) is 14.9. The summed E-state index contributed by atoms with van der Waals surface area (Å²) in [6.07, 6.45) is 0. The van der Waals surface area contributed by atoms with Crippen molar-refractivity contribution in [3.63, 3.8) is 0 Å². The monoisotopic (exact) mass is 466 g/mol. The first kappa shape index (κ1) is 15.0. The van der Waals surface area contributed by atoms with Gasteiger partial charge in [-0.25, -0.2) is 0 Å². The Morgan fingerprint density at radius 2 is 1.95 bits per heavy atom. The van der Waals surface area contributed by atoms with Gasteiger partial charge >= 0.3 is 0 Å². The van der Waals surface area contributed by atoms with Crippen molar-refractivity contribution in [2.75, 3.05) is 5.32 Å². The van der Waals surface area contributed by atoms with Crippen molar-refractivity contribution in [2.45, 2.75) is 0 Å². The van der Waals surface area contributed by atoms with Gasteiger partial charge in [-0.05, 0) is 59.0 Å². The molecule has 2 nitrogen and oxygen atoms in total. The molecule has 0 saturated heterocycles. The van der Waals surface area contributed by atoms with Crippen LogP contribution in [0.4, 0.5) is 11.4 Å². The molecule has 0 unspecified atom stereocenters. The van der Waals surface area contributed by atoms with Gasteiger partial charge in [0.05, 0.1) is 10.7 Å². The lowest BCUT2D eigenvalue weighted by molar-refractivity contribution is 1.50. The van der Waals surface area contributed by atoms with Crippen LogP contribution >= 0.6 is 62.3 Å². The molecule has 0 amide bonds. The minimum atomic E-state index is 0.344. The number of hydrogen-bond acceptors (Lipinski definition) is 2. The Kier molecular flexibility index (Phi) is 5.05. The van der Waals surface area contributed by atoms with Crippen LogP contribution < -0.4 is 11.1 Å². The van der Waals surface area contributed by atoms with E-state index < -0.39 is 0 Å². The van der Waals surface area contributed by atoms with Crippen molar-refractivity contribution in [2.24, 2.45) is 5.73 Å². The number of benzene rings is 2. The van der Waals surface area contributed by atoms with Gasteiger partial charge in [-0.2, -0.15) is 0 Å². The predicted molar refractivity (Wildman–Crippen MR) is 97.5 cm³/mol. The fourth-order valence-corrected chi connectivity index (χ4v) is 3.01. The molecule has 19 heavy (non-hydrogen) atoms. The van der Waals surface area contributed by atoms with Crippen LogP contribution in [0.15, 0.2) is 40.9 Å². The van der Waals surface area contributed by atoms with Gasteiger partial charge < -0.3 is 11.1 Å². The van der Waals surface area contributed by atoms with Gasteiger partial charge in [0.25, 0.3) is 0 Å². The number of rotatable bonds is 3. The van der Waals surface area contributed by atoms with Gasteiger partial charge in [0, 0.05) is 19.3 Å². The van der Waals surface area contributed by atoms with Crippen LogP contribution in [0.25, 0.3) is 0 Å². The number of thiocarbonyl (C=S) groups is 1. The molecular weight excluding hydrogens is 458 g/mol. The van der Waals surface area contributed by atoms with Crippen molar-refractivity contribution in [3.05, 3.63) is 55.0 Å². The number of halogens is 3.